The standard InChI is InChI=1S/C5H6NO2S.C5H5N/c7-6(8)4-5-2-1-3-9-5;1-2-4-6-5-3-1/h2,4H,1,3H2;1-5H/q-1;/p+1. The first-order valence-electron chi connectivity index (χ1n) is 4.51. The van der Waals surface area contributed by atoms with E-state index in [2.05, 4.69) is 4.98 Å². The summed E-state index contributed by atoms with van der Waals surface area (Å²) in [5.74, 6) is 0.986. The van der Waals surface area contributed by atoms with Gasteiger partial charge in [-0.05, 0) is 6.42 Å². The SMILES string of the molecule is [O-][N+]([O-])=CC1=CCCS1.c1cc[nH+]cc1. The van der Waals surface area contributed by atoms with Crippen molar-refractivity contribution in [2.75, 3.05) is 5.75 Å². The van der Waals surface area contributed by atoms with Crippen LogP contribution >= 0.6 is 11.8 Å². The minimum absolute atomic E-state index is 0.413. The van der Waals surface area contributed by atoms with Gasteiger partial charge in [0.15, 0.2) is 18.6 Å². The number of aromatic nitrogens is 1. The lowest BCUT2D eigenvalue weighted by molar-refractivity contribution is -0.378. The first-order valence-corrected chi connectivity index (χ1v) is 5.50. The van der Waals surface area contributed by atoms with E-state index in [1.165, 1.54) is 11.8 Å². The summed E-state index contributed by atoms with van der Waals surface area (Å²) < 4.78 is 0. The molecule has 15 heavy (non-hydrogen) atoms. The largest absolute Gasteiger partial charge is 0.612 e. The van der Waals surface area contributed by atoms with E-state index in [0.717, 1.165) is 23.3 Å². The molecule has 0 radical (unpaired) electrons. The minimum atomic E-state index is -0.413. The summed E-state index contributed by atoms with van der Waals surface area (Å²) in [5, 5.41) is 19.7. The summed E-state index contributed by atoms with van der Waals surface area (Å²) in [6, 6.07) is 5.86. The second-order valence-corrected chi connectivity index (χ2v) is 3.90. The van der Waals surface area contributed by atoms with Crippen LogP contribution < -0.4 is 4.98 Å². The second kappa shape index (κ2) is 6.89. The molecule has 1 aliphatic heterocycles. The molecule has 1 aliphatic rings. The summed E-state index contributed by atoms with van der Waals surface area (Å²) in [6.45, 7) is 0. The van der Waals surface area contributed by atoms with E-state index >= 15 is 0 Å². The van der Waals surface area contributed by atoms with Gasteiger partial charge in [0, 0.05) is 17.9 Å². The minimum Gasteiger partial charge on any atom is -0.612 e. The molecule has 0 bridgehead atoms. The maximum atomic E-state index is 9.85. The molecule has 2 heterocycles. The Morgan fingerprint density at radius 1 is 1.27 bits per heavy atom. The van der Waals surface area contributed by atoms with Crippen LogP contribution in [0.3, 0.4) is 0 Å². The van der Waals surface area contributed by atoms with E-state index in [0.29, 0.717) is 0 Å². The Labute approximate surface area is 92.5 Å². The van der Waals surface area contributed by atoms with Gasteiger partial charge in [-0.15, -0.1) is 11.8 Å². The number of rotatable bonds is 1. The predicted octanol–water partition coefficient (Wildman–Crippen LogP) is 1.59. The normalized spacial score (nSPS) is 13.5. The van der Waals surface area contributed by atoms with Crippen LogP contribution in [0.25, 0.3) is 0 Å². The van der Waals surface area contributed by atoms with Crippen LogP contribution in [-0.4, -0.2) is 16.9 Å². The monoisotopic (exact) mass is 224 g/mol. The van der Waals surface area contributed by atoms with Gasteiger partial charge in [-0.1, -0.05) is 12.1 Å². The third-order valence-electron chi connectivity index (χ3n) is 1.57. The van der Waals surface area contributed by atoms with E-state index in [4.69, 9.17) is 0 Å². The van der Waals surface area contributed by atoms with E-state index in [1.54, 1.807) is 0 Å². The zero-order valence-electron chi connectivity index (χ0n) is 8.13. The van der Waals surface area contributed by atoms with Crippen LogP contribution in [-0.2, 0) is 0 Å². The number of hydrogen-bond donors (Lipinski definition) is 0. The first kappa shape index (κ1) is 11.6. The van der Waals surface area contributed by atoms with Crippen LogP contribution in [0.5, 0.6) is 0 Å². The molecule has 0 saturated heterocycles. The average molecular weight is 224 g/mol. The van der Waals surface area contributed by atoms with Crippen molar-refractivity contribution in [1.29, 1.82) is 0 Å². The lowest BCUT2D eigenvalue weighted by Crippen LogP contribution is -1.93. The molecule has 0 aromatic carbocycles. The summed E-state index contributed by atoms with van der Waals surface area (Å²) in [6.07, 6.45) is 7.65. The molecule has 5 heteroatoms. The Bertz CT molecular complexity index is 308. The summed E-state index contributed by atoms with van der Waals surface area (Å²) in [5.41, 5.74) is 0. The van der Waals surface area contributed by atoms with Crippen molar-refractivity contribution < 1.29 is 9.89 Å². The fraction of sp³-hybridized carbons (Fsp3) is 0.200. The highest BCUT2D eigenvalue weighted by Crippen LogP contribution is 2.22. The van der Waals surface area contributed by atoms with Gasteiger partial charge in [-0.3, -0.25) is 0 Å². The van der Waals surface area contributed by atoms with E-state index in [-0.39, 0.29) is 0 Å². The van der Waals surface area contributed by atoms with Gasteiger partial charge in [0.25, 0.3) is 0 Å². The van der Waals surface area contributed by atoms with Crippen molar-refractivity contribution in [3.63, 3.8) is 0 Å². The maximum Gasteiger partial charge on any atom is 0.199 e. The van der Waals surface area contributed by atoms with E-state index in [1.807, 2.05) is 36.7 Å². The zero-order valence-corrected chi connectivity index (χ0v) is 8.94. The topological polar surface area (TPSA) is 63.3 Å². The van der Waals surface area contributed by atoms with Crippen LogP contribution in [0.15, 0.2) is 41.6 Å². The van der Waals surface area contributed by atoms with Crippen molar-refractivity contribution in [3.8, 4) is 0 Å². The molecule has 0 atom stereocenters. The van der Waals surface area contributed by atoms with Gasteiger partial charge in [0.1, 0.15) is 0 Å². The lowest BCUT2D eigenvalue weighted by atomic mass is 10.4. The molecule has 0 fully saturated rings. The van der Waals surface area contributed by atoms with Crippen molar-refractivity contribution in [1.82, 2.24) is 0 Å². The molecule has 2 rings (SSSR count). The van der Waals surface area contributed by atoms with Gasteiger partial charge in [0.2, 0.25) is 0 Å². The number of H-pyrrole nitrogens is 1. The number of hydrogen-bond acceptors (Lipinski definition) is 3. The predicted molar refractivity (Wildman–Crippen MR) is 61.2 cm³/mol. The van der Waals surface area contributed by atoms with Crippen molar-refractivity contribution >= 4 is 18.0 Å². The summed E-state index contributed by atoms with van der Waals surface area (Å²) in [7, 11) is 0. The molecule has 4 nitrogen and oxygen atoms in total. The Balaban J connectivity index is 0.000000162. The Morgan fingerprint density at radius 3 is 2.33 bits per heavy atom. The molecule has 1 aromatic rings. The number of thioether (sulfide) groups is 1. The molecular formula is C10H12N2O2S. The van der Waals surface area contributed by atoms with Gasteiger partial charge in [0.05, 0.1) is 4.91 Å². The molecule has 0 spiro atoms. The molecule has 0 unspecified atom stereocenters. The molecule has 1 aromatic heterocycles. The molecule has 0 amide bonds. The van der Waals surface area contributed by atoms with Crippen LogP contribution in [0.4, 0.5) is 0 Å². The third-order valence-corrected chi connectivity index (χ3v) is 2.62. The highest BCUT2D eigenvalue weighted by molar-refractivity contribution is 8.04. The molecular weight excluding hydrogens is 212 g/mol. The van der Waals surface area contributed by atoms with Gasteiger partial charge in [-0.2, -0.15) is 4.90 Å². The maximum absolute atomic E-state index is 9.85. The Kier molecular flexibility index (Phi) is 5.32. The average Bonchev–Trinajstić information content (AvgIpc) is 2.73. The van der Waals surface area contributed by atoms with Gasteiger partial charge < -0.3 is 10.4 Å². The first-order chi connectivity index (χ1) is 7.29. The molecule has 80 valence electrons. The fourth-order valence-electron chi connectivity index (χ4n) is 0.973. The highest BCUT2D eigenvalue weighted by atomic mass is 32.2. The van der Waals surface area contributed by atoms with Crippen molar-refractivity contribution in [2.45, 2.75) is 6.42 Å². The number of allylic oxidation sites excluding steroid dienone is 2. The number of nitrogens with one attached hydrogen (secondary N) is 1. The Morgan fingerprint density at radius 2 is 2.00 bits per heavy atom. The second-order valence-electron chi connectivity index (χ2n) is 2.74. The third kappa shape index (κ3) is 5.74. The molecule has 0 aliphatic carbocycles. The smallest absolute Gasteiger partial charge is 0.199 e. The highest BCUT2D eigenvalue weighted by Gasteiger charge is 2.03. The molecule has 1 N–H and O–H groups in total. The van der Waals surface area contributed by atoms with Gasteiger partial charge >= 0.3 is 0 Å². The van der Waals surface area contributed by atoms with E-state index < -0.39 is 4.90 Å². The number of aromatic amines is 1. The number of pyridine rings is 1. The van der Waals surface area contributed by atoms with Crippen LogP contribution in [0.1, 0.15) is 6.42 Å². The summed E-state index contributed by atoms with van der Waals surface area (Å²) in [4.78, 5) is 3.27. The quantitative estimate of drug-likeness (QED) is 0.413. The van der Waals surface area contributed by atoms with Crippen LogP contribution in [0.2, 0.25) is 0 Å². The van der Waals surface area contributed by atoms with Crippen LogP contribution in [0, 0.1) is 10.4 Å². The fourth-order valence-corrected chi connectivity index (χ4v) is 1.84. The van der Waals surface area contributed by atoms with Crippen molar-refractivity contribution in [3.05, 3.63) is 52.0 Å². The van der Waals surface area contributed by atoms with Gasteiger partial charge in [-0.25, -0.2) is 4.98 Å². The lowest BCUT2D eigenvalue weighted by Gasteiger charge is -2.00. The Hall–Kier alpha value is -1.49. The number of nitrogens with zero attached hydrogens (tertiary/aromatic N) is 1. The van der Waals surface area contributed by atoms with E-state index in [9.17, 15) is 10.4 Å². The van der Waals surface area contributed by atoms with Crippen molar-refractivity contribution in [2.24, 2.45) is 0 Å². The zero-order chi connectivity index (χ0) is 10.9. The molecule has 0 saturated carbocycles. The summed E-state index contributed by atoms with van der Waals surface area (Å²) >= 11 is 1.53.